The Labute approximate surface area is 146 Å². The molecule has 0 aromatic rings. The van der Waals surface area contributed by atoms with E-state index in [1.165, 1.54) is 4.90 Å². The minimum Gasteiger partial charge on any atom is -0.444 e. The van der Waals surface area contributed by atoms with Crippen LogP contribution >= 0.6 is 0 Å². The lowest BCUT2D eigenvalue weighted by Crippen LogP contribution is -2.54. The van der Waals surface area contributed by atoms with Crippen LogP contribution in [-0.4, -0.2) is 52.9 Å². The third-order valence-electron chi connectivity index (χ3n) is 4.44. The Morgan fingerprint density at radius 2 is 1.80 bits per heavy atom. The zero-order valence-corrected chi connectivity index (χ0v) is 14.8. The SMILES string of the molecule is CC(C)(C)OC(=O)N[C@H](C(=O)N1CCC[C@H]1C(N)=O)[C@H]1C[C@@H]1C(N)=O. The highest BCUT2D eigenvalue weighted by Crippen LogP contribution is 2.42. The van der Waals surface area contributed by atoms with Gasteiger partial charge in [0.1, 0.15) is 17.7 Å². The monoisotopic (exact) mass is 354 g/mol. The number of carbonyl (C=O) groups excluding carboxylic acids is 4. The van der Waals surface area contributed by atoms with Crippen LogP contribution in [0.25, 0.3) is 0 Å². The maximum atomic E-state index is 12.9. The van der Waals surface area contributed by atoms with Gasteiger partial charge in [-0.15, -0.1) is 0 Å². The van der Waals surface area contributed by atoms with Crippen LogP contribution in [0.3, 0.4) is 0 Å². The van der Waals surface area contributed by atoms with Crippen LogP contribution < -0.4 is 16.8 Å². The Bertz CT molecular complexity index is 586. The predicted octanol–water partition coefficient (Wildman–Crippen LogP) is -0.523. The molecule has 2 fully saturated rings. The topological polar surface area (TPSA) is 145 Å². The van der Waals surface area contributed by atoms with E-state index in [-0.39, 0.29) is 0 Å². The van der Waals surface area contributed by atoms with Crippen LogP contribution in [0.1, 0.15) is 40.0 Å². The normalized spacial score (nSPS) is 26.7. The second kappa shape index (κ2) is 6.89. The average Bonchev–Trinajstić information content (AvgIpc) is 3.09. The van der Waals surface area contributed by atoms with Gasteiger partial charge in [-0.25, -0.2) is 4.79 Å². The van der Waals surface area contributed by atoms with Crippen molar-refractivity contribution in [1.82, 2.24) is 10.2 Å². The molecule has 1 aliphatic heterocycles. The quantitative estimate of drug-likeness (QED) is 0.608. The summed E-state index contributed by atoms with van der Waals surface area (Å²) in [5.41, 5.74) is 9.94. The molecule has 0 bridgehead atoms. The van der Waals surface area contributed by atoms with E-state index < -0.39 is 53.3 Å². The molecule has 5 N–H and O–H groups in total. The van der Waals surface area contributed by atoms with Gasteiger partial charge in [0.05, 0.1) is 0 Å². The van der Waals surface area contributed by atoms with Crippen LogP contribution in [0.5, 0.6) is 0 Å². The summed E-state index contributed by atoms with van der Waals surface area (Å²) < 4.78 is 5.20. The summed E-state index contributed by atoms with van der Waals surface area (Å²) in [6, 6.07) is -1.66. The van der Waals surface area contributed by atoms with Gasteiger partial charge in [0.25, 0.3) is 0 Å². The molecule has 9 nitrogen and oxygen atoms in total. The van der Waals surface area contributed by atoms with Gasteiger partial charge < -0.3 is 26.4 Å². The summed E-state index contributed by atoms with van der Waals surface area (Å²) in [4.78, 5) is 49.3. The second-order valence-corrected chi connectivity index (χ2v) is 7.62. The van der Waals surface area contributed by atoms with Crippen molar-refractivity contribution < 1.29 is 23.9 Å². The Balaban J connectivity index is 2.14. The van der Waals surface area contributed by atoms with Crippen molar-refractivity contribution in [1.29, 1.82) is 0 Å². The molecular formula is C16H26N4O5. The highest BCUT2D eigenvalue weighted by atomic mass is 16.6. The molecule has 1 saturated heterocycles. The highest BCUT2D eigenvalue weighted by Gasteiger charge is 2.52. The Hall–Kier alpha value is -2.32. The first-order chi connectivity index (χ1) is 11.5. The van der Waals surface area contributed by atoms with E-state index >= 15 is 0 Å². The van der Waals surface area contributed by atoms with Gasteiger partial charge >= 0.3 is 6.09 Å². The van der Waals surface area contributed by atoms with Gasteiger partial charge in [0.15, 0.2) is 0 Å². The number of ether oxygens (including phenoxy) is 1. The molecule has 0 spiro atoms. The van der Waals surface area contributed by atoms with Crippen molar-refractivity contribution in [3.8, 4) is 0 Å². The number of nitrogens with two attached hydrogens (primary N) is 2. The standard InChI is InChI=1S/C16H26N4O5/c1-16(2,3)25-15(24)19-11(8-7-9(8)12(17)21)14(23)20-6-4-5-10(20)13(18)22/h8-11H,4-7H2,1-3H3,(H2,17,21)(H2,18,22)(H,19,24)/t8-,9-,10-,11-/m0/s1. The van der Waals surface area contributed by atoms with E-state index in [0.29, 0.717) is 25.8 Å². The van der Waals surface area contributed by atoms with Crippen LogP contribution in [0.15, 0.2) is 0 Å². The summed E-state index contributed by atoms with van der Waals surface area (Å²) >= 11 is 0. The molecule has 0 radical (unpaired) electrons. The number of nitrogens with zero attached hydrogens (tertiary/aromatic N) is 1. The summed E-state index contributed by atoms with van der Waals surface area (Å²) in [5, 5.41) is 2.54. The molecular weight excluding hydrogens is 328 g/mol. The summed E-state index contributed by atoms with van der Waals surface area (Å²) in [6.45, 7) is 5.50. The largest absolute Gasteiger partial charge is 0.444 e. The van der Waals surface area contributed by atoms with Gasteiger partial charge in [0, 0.05) is 18.4 Å². The summed E-state index contributed by atoms with van der Waals surface area (Å²) in [6.07, 6.45) is 0.805. The molecule has 140 valence electrons. The molecule has 0 aromatic carbocycles. The molecule has 0 unspecified atom stereocenters. The second-order valence-electron chi connectivity index (χ2n) is 7.62. The molecule has 2 rings (SSSR count). The summed E-state index contributed by atoms with van der Waals surface area (Å²) in [5.74, 6) is -2.39. The number of hydrogen-bond donors (Lipinski definition) is 3. The number of carbonyl (C=O) groups is 4. The van der Waals surface area contributed by atoms with E-state index in [0.717, 1.165) is 0 Å². The number of hydrogen-bond acceptors (Lipinski definition) is 5. The van der Waals surface area contributed by atoms with E-state index in [9.17, 15) is 19.2 Å². The molecule has 25 heavy (non-hydrogen) atoms. The number of rotatable bonds is 5. The fraction of sp³-hybridized carbons (Fsp3) is 0.750. The first kappa shape index (κ1) is 19.0. The predicted molar refractivity (Wildman–Crippen MR) is 87.9 cm³/mol. The van der Waals surface area contributed by atoms with E-state index in [1.807, 2.05) is 0 Å². The third kappa shape index (κ3) is 4.61. The minimum absolute atomic E-state index is 0.382. The molecule has 0 aromatic heterocycles. The van der Waals surface area contributed by atoms with Gasteiger partial charge in [-0.05, 0) is 40.0 Å². The lowest BCUT2D eigenvalue weighted by Gasteiger charge is -2.29. The van der Waals surface area contributed by atoms with Crippen molar-refractivity contribution in [2.45, 2.75) is 57.7 Å². The average molecular weight is 354 g/mol. The van der Waals surface area contributed by atoms with Crippen molar-refractivity contribution in [3.05, 3.63) is 0 Å². The number of amides is 4. The van der Waals surface area contributed by atoms with Crippen molar-refractivity contribution in [2.75, 3.05) is 6.54 Å². The van der Waals surface area contributed by atoms with E-state index in [1.54, 1.807) is 20.8 Å². The Kier molecular flexibility index (Phi) is 5.24. The third-order valence-corrected chi connectivity index (χ3v) is 4.44. The number of nitrogens with one attached hydrogen (secondary N) is 1. The van der Waals surface area contributed by atoms with Crippen LogP contribution in [0, 0.1) is 11.8 Å². The maximum absolute atomic E-state index is 12.9. The van der Waals surface area contributed by atoms with Gasteiger partial charge in [0.2, 0.25) is 17.7 Å². The highest BCUT2D eigenvalue weighted by molar-refractivity contribution is 5.93. The van der Waals surface area contributed by atoms with Crippen molar-refractivity contribution in [2.24, 2.45) is 23.3 Å². The fourth-order valence-electron chi connectivity index (χ4n) is 3.20. The molecule has 1 heterocycles. The Morgan fingerprint density at radius 3 is 2.28 bits per heavy atom. The molecule has 1 aliphatic carbocycles. The fourth-order valence-corrected chi connectivity index (χ4v) is 3.20. The summed E-state index contributed by atoms with van der Waals surface area (Å²) in [7, 11) is 0. The zero-order chi connectivity index (χ0) is 18.9. The van der Waals surface area contributed by atoms with Crippen molar-refractivity contribution in [3.63, 3.8) is 0 Å². The lowest BCUT2D eigenvalue weighted by atomic mass is 10.1. The molecule has 4 atom stereocenters. The van der Waals surface area contributed by atoms with Crippen molar-refractivity contribution >= 4 is 23.8 Å². The molecule has 1 saturated carbocycles. The first-order valence-electron chi connectivity index (χ1n) is 8.40. The molecule has 2 aliphatic rings. The van der Waals surface area contributed by atoms with Gasteiger partial charge in [-0.1, -0.05) is 0 Å². The maximum Gasteiger partial charge on any atom is 0.408 e. The smallest absolute Gasteiger partial charge is 0.408 e. The first-order valence-corrected chi connectivity index (χ1v) is 8.40. The lowest BCUT2D eigenvalue weighted by molar-refractivity contribution is -0.139. The van der Waals surface area contributed by atoms with Gasteiger partial charge in [-0.3, -0.25) is 14.4 Å². The number of alkyl carbamates (subject to hydrolysis) is 1. The van der Waals surface area contributed by atoms with Crippen LogP contribution in [-0.2, 0) is 19.1 Å². The minimum atomic E-state index is -0.965. The Morgan fingerprint density at radius 1 is 1.16 bits per heavy atom. The van der Waals surface area contributed by atoms with E-state index in [4.69, 9.17) is 16.2 Å². The zero-order valence-electron chi connectivity index (χ0n) is 14.8. The van der Waals surface area contributed by atoms with Crippen LogP contribution in [0.2, 0.25) is 0 Å². The number of primary amides is 2. The van der Waals surface area contributed by atoms with Gasteiger partial charge in [-0.2, -0.15) is 0 Å². The molecule has 9 heteroatoms. The van der Waals surface area contributed by atoms with Crippen LogP contribution in [0.4, 0.5) is 4.79 Å². The molecule has 4 amide bonds. The number of likely N-dealkylation sites (tertiary alicyclic amines) is 1. The van der Waals surface area contributed by atoms with E-state index in [2.05, 4.69) is 5.32 Å².